The molecule has 0 saturated heterocycles. The lowest BCUT2D eigenvalue weighted by Gasteiger charge is -2.05. The third-order valence-corrected chi connectivity index (χ3v) is 5.00. The molecule has 0 saturated carbocycles. The molecule has 0 fully saturated rings. The molecule has 0 aliphatic rings. The van der Waals surface area contributed by atoms with Gasteiger partial charge in [0.05, 0.1) is 0 Å². The Morgan fingerprint density at radius 1 is 0.952 bits per heavy atom. The summed E-state index contributed by atoms with van der Waals surface area (Å²) in [6.45, 7) is 0.871. The molecule has 0 radical (unpaired) electrons. The van der Waals surface area contributed by atoms with Crippen LogP contribution in [0.25, 0.3) is 11.1 Å². The number of hydrogen-bond donors (Lipinski definition) is 1. The van der Waals surface area contributed by atoms with Gasteiger partial charge in [-0.25, -0.2) is 0 Å². The molecule has 0 unspecified atom stereocenters. The van der Waals surface area contributed by atoms with Crippen molar-refractivity contribution in [3.8, 4) is 11.1 Å². The van der Waals surface area contributed by atoms with Gasteiger partial charge in [0.1, 0.15) is 0 Å². The zero-order chi connectivity index (χ0) is 14.5. The third kappa shape index (κ3) is 3.69. The van der Waals surface area contributed by atoms with Gasteiger partial charge in [0.15, 0.2) is 0 Å². The summed E-state index contributed by atoms with van der Waals surface area (Å²) in [4.78, 5) is 2.64. The topological polar surface area (TPSA) is 12.0 Å². The maximum Gasteiger partial charge on any atom is 0.0494 e. The number of rotatable bonds is 5. The van der Waals surface area contributed by atoms with Crippen molar-refractivity contribution in [1.29, 1.82) is 0 Å². The van der Waals surface area contributed by atoms with Crippen LogP contribution in [0.15, 0.2) is 70.9 Å². The Bertz CT molecular complexity index is 687. The monoisotopic (exact) mass is 311 g/mol. The smallest absolute Gasteiger partial charge is 0.0494 e. The van der Waals surface area contributed by atoms with Gasteiger partial charge in [-0.3, -0.25) is 0 Å². The molecule has 3 heteroatoms. The summed E-state index contributed by atoms with van der Waals surface area (Å²) in [5.41, 5.74) is 3.75. The SMILES string of the molecule is CSc1ccc(NCc2cc(-c3ccccc3)cs2)cc1. The van der Waals surface area contributed by atoms with Crippen molar-refractivity contribution in [3.05, 3.63) is 70.9 Å². The Morgan fingerprint density at radius 3 is 2.43 bits per heavy atom. The van der Waals surface area contributed by atoms with Crippen LogP contribution < -0.4 is 5.32 Å². The summed E-state index contributed by atoms with van der Waals surface area (Å²) in [6, 6.07) is 21.4. The van der Waals surface area contributed by atoms with E-state index >= 15 is 0 Å². The van der Waals surface area contributed by atoms with Gasteiger partial charge in [-0.1, -0.05) is 30.3 Å². The molecule has 0 amide bonds. The highest BCUT2D eigenvalue weighted by atomic mass is 32.2. The summed E-state index contributed by atoms with van der Waals surface area (Å²) >= 11 is 3.57. The van der Waals surface area contributed by atoms with Crippen LogP contribution in [-0.2, 0) is 6.54 Å². The number of benzene rings is 2. The van der Waals surface area contributed by atoms with Crippen LogP contribution in [0.5, 0.6) is 0 Å². The van der Waals surface area contributed by atoms with Gasteiger partial charge in [0.25, 0.3) is 0 Å². The summed E-state index contributed by atoms with van der Waals surface area (Å²) in [6.07, 6.45) is 2.10. The van der Waals surface area contributed by atoms with Crippen molar-refractivity contribution in [2.45, 2.75) is 11.4 Å². The average molecular weight is 311 g/mol. The highest BCUT2D eigenvalue weighted by Crippen LogP contribution is 2.26. The van der Waals surface area contributed by atoms with Gasteiger partial charge >= 0.3 is 0 Å². The molecular formula is C18H17NS2. The number of thiophene rings is 1. The minimum absolute atomic E-state index is 0.871. The second kappa shape index (κ2) is 6.83. The first-order valence-electron chi connectivity index (χ1n) is 6.86. The Balaban J connectivity index is 1.64. The lowest BCUT2D eigenvalue weighted by Crippen LogP contribution is -1.96. The van der Waals surface area contributed by atoms with Crippen LogP contribution in [0.1, 0.15) is 4.88 Å². The van der Waals surface area contributed by atoms with E-state index in [2.05, 4.69) is 77.6 Å². The van der Waals surface area contributed by atoms with Gasteiger partial charge in [0, 0.05) is 22.0 Å². The first-order valence-corrected chi connectivity index (χ1v) is 8.96. The molecule has 0 spiro atoms. The Morgan fingerprint density at radius 2 is 1.71 bits per heavy atom. The normalized spacial score (nSPS) is 10.5. The van der Waals surface area contributed by atoms with E-state index in [1.165, 1.54) is 26.6 Å². The predicted octanol–water partition coefficient (Wildman–Crippen LogP) is 5.75. The lowest BCUT2D eigenvalue weighted by molar-refractivity contribution is 1.19. The van der Waals surface area contributed by atoms with Crippen molar-refractivity contribution < 1.29 is 0 Å². The van der Waals surface area contributed by atoms with Crippen molar-refractivity contribution in [2.75, 3.05) is 11.6 Å². The largest absolute Gasteiger partial charge is 0.380 e. The van der Waals surface area contributed by atoms with Crippen LogP contribution in [0.4, 0.5) is 5.69 Å². The molecule has 106 valence electrons. The molecule has 0 bridgehead atoms. The number of thioether (sulfide) groups is 1. The second-order valence-electron chi connectivity index (χ2n) is 4.75. The molecule has 2 aromatic carbocycles. The molecule has 0 aliphatic heterocycles. The fourth-order valence-corrected chi connectivity index (χ4v) is 3.39. The molecule has 1 N–H and O–H groups in total. The van der Waals surface area contributed by atoms with Gasteiger partial charge in [0.2, 0.25) is 0 Å². The van der Waals surface area contributed by atoms with Crippen molar-refractivity contribution >= 4 is 28.8 Å². The molecule has 0 atom stereocenters. The van der Waals surface area contributed by atoms with Crippen LogP contribution in [0.3, 0.4) is 0 Å². The first kappa shape index (κ1) is 14.2. The van der Waals surface area contributed by atoms with Crippen molar-refractivity contribution in [1.82, 2.24) is 0 Å². The van der Waals surface area contributed by atoms with E-state index in [1.54, 1.807) is 23.1 Å². The number of anilines is 1. The Labute approximate surface area is 134 Å². The first-order chi connectivity index (χ1) is 10.3. The summed E-state index contributed by atoms with van der Waals surface area (Å²) in [5.74, 6) is 0. The van der Waals surface area contributed by atoms with E-state index < -0.39 is 0 Å². The van der Waals surface area contributed by atoms with E-state index in [-0.39, 0.29) is 0 Å². The van der Waals surface area contributed by atoms with E-state index in [1.807, 2.05) is 0 Å². The minimum atomic E-state index is 0.871. The molecule has 1 nitrogen and oxygen atoms in total. The highest BCUT2D eigenvalue weighted by molar-refractivity contribution is 7.98. The van der Waals surface area contributed by atoms with Crippen LogP contribution >= 0.6 is 23.1 Å². The second-order valence-corrected chi connectivity index (χ2v) is 6.63. The standard InChI is InChI=1S/C18H17NS2/c1-20-17-9-7-16(8-10-17)19-12-18-11-15(13-21-18)14-5-3-2-4-6-14/h2-11,13,19H,12H2,1H3. The molecule has 21 heavy (non-hydrogen) atoms. The molecule has 3 aromatic rings. The van der Waals surface area contributed by atoms with E-state index in [0.717, 1.165) is 6.54 Å². The number of nitrogens with one attached hydrogen (secondary N) is 1. The predicted molar refractivity (Wildman–Crippen MR) is 95.3 cm³/mol. The minimum Gasteiger partial charge on any atom is -0.380 e. The maximum atomic E-state index is 3.48. The molecule has 3 rings (SSSR count). The third-order valence-electron chi connectivity index (χ3n) is 3.32. The molecular weight excluding hydrogens is 294 g/mol. The van der Waals surface area contributed by atoms with Gasteiger partial charge < -0.3 is 5.32 Å². The van der Waals surface area contributed by atoms with Gasteiger partial charge in [-0.2, -0.15) is 0 Å². The lowest BCUT2D eigenvalue weighted by atomic mass is 10.1. The van der Waals surface area contributed by atoms with Crippen LogP contribution in [0.2, 0.25) is 0 Å². The van der Waals surface area contributed by atoms with Crippen LogP contribution in [0, 0.1) is 0 Å². The van der Waals surface area contributed by atoms with E-state index in [4.69, 9.17) is 0 Å². The fraction of sp³-hybridized carbons (Fsp3) is 0.111. The van der Waals surface area contributed by atoms with Gasteiger partial charge in [-0.05, 0) is 53.1 Å². The molecule has 1 aromatic heterocycles. The van der Waals surface area contributed by atoms with Crippen molar-refractivity contribution in [3.63, 3.8) is 0 Å². The summed E-state index contributed by atoms with van der Waals surface area (Å²) < 4.78 is 0. The van der Waals surface area contributed by atoms with Crippen molar-refractivity contribution in [2.24, 2.45) is 0 Å². The maximum absolute atomic E-state index is 3.48. The summed E-state index contributed by atoms with van der Waals surface area (Å²) in [5, 5.41) is 5.70. The van der Waals surface area contributed by atoms with E-state index in [9.17, 15) is 0 Å². The Kier molecular flexibility index (Phi) is 4.63. The zero-order valence-corrected chi connectivity index (χ0v) is 13.5. The quantitative estimate of drug-likeness (QED) is 0.602. The average Bonchev–Trinajstić information content (AvgIpc) is 3.03. The zero-order valence-electron chi connectivity index (χ0n) is 11.9. The van der Waals surface area contributed by atoms with Crippen LogP contribution in [-0.4, -0.2) is 6.26 Å². The Hall–Kier alpha value is -1.71. The van der Waals surface area contributed by atoms with E-state index in [0.29, 0.717) is 0 Å². The summed E-state index contributed by atoms with van der Waals surface area (Å²) in [7, 11) is 0. The van der Waals surface area contributed by atoms with Gasteiger partial charge in [-0.15, -0.1) is 23.1 Å². The molecule has 0 aliphatic carbocycles. The number of hydrogen-bond acceptors (Lipinski definition) is 3. The fourth-order valence-electron chi connectivity index (χ4n) is 2.15. The molecule has 1 heterocycles. The highest BCUT2D eigenvalue weighted by Gasteiger charge is 2.02.